The number of rotatable bonds is 5. The third kappa shape index (κ3) is 3.88. The summed E-state index contributed by atoms with van der Waals surface area (Å²) in [5.74, 6) is 4.24. The Balaban J connectivity index is 2.85. The molecule has 94 valence electrons. The predicted molar refractivity (Wildman–Crippen MR) is 64.7 cm³/mol. The summed E-state index contributed by atoms with van der Waals surface area (Å²) in [6, 6.07) is 3.97. The third-order valence-electron chi connectivity index (χ3n) is 2.00. The number of thioether (sulfide) groups is 1. The highest BCUT2D eigenvalue weighted by atomic mass is 32.2. The molecule has 0 heterocycles. The Bertz CT molecular complexity index is 403. The van der Waals surface area contributed by atoms with Gasteiger partial charge >= 0.3 is 0 Å². The zero-order chi connectivity index (χ0) is 12.8. The van der Waals surface area contributed by atoms with E-state index < -0.39 is 17.0 Å². The molecule has 5 N–H and O–H groups in total. The fourth-order valence-electron chi connectivity index (χ4n) is 1.17. The van der Waals surface area contributed by atoms with Gasteiger partial charge in [-0.1, -0.05) is 0 Å². The minimum absolute atomic E-state index is 0.156. The smallest absolute Gasteiger partial charge is 0.249 e. The van der Waals surface area contributed by atoms with Crippen molar-refractivity contribution in [1.82, 2.24) is 5.43 Å². The fourth-order valence-corrected chi connectivity index (χ4v) is 2.24. The van der Waals surface area contributed by atoms with Gasteiger partial charge in [0.1, 0.15) is 11.1 Å². The topological polar surface area (TPSA) is 90.4 Å². The normalized spacial score (nSPS) is 12.2. The van der Waals surface area contributed by atoms with E-state index in [2.05, 4.69) is 0 Å². The van der Waals surface area contributed by atoms with Crippen LogP contribution in [-0.2, 0) is 9.53 Å². The Morgan fingerprint density at radius 2 is 2.35 bits per heavy atom. The van der Waals surface area contributed by atoms with E-state index in [9.17, 15) is 9.18 Å². The number of nitrogens with two attached hydrogens (primary N) is 2. The Morgan fingerprint density at radius 3 is 2.94 bits per heavy atom. The standard InChI is InChI=1S/C10H14FN3O2S/c1-16-5-9(10(15)14-13)17-8-4-6(11)2-3-7(8)12/h2-4,9H,5,12-13H2,1H3,(H,14,15). The first-order valence-electron chi connectivity index (χ1n) is 4.79. The second-order valence-electron chi connectivity index (χ2n) is 3.25. The average molecular weight is 259 g/mol. The molecule has 0 fully saturated rings. The molecule has 1 aromatic carbocycles. The number of carbonyl (C=O) groups is 1. The van der Waals surface area contributed by atoms with Crippen molar-refractivity contribution in [3.8, 4) is 0 Å². The van der Waals surface area contributed by atoms with Gasteiger partial charge in [0.25, 0.3) is 0 Å². The molecule has 0 saturated heterocycles. The SMILES string of the molecule is COCC(Sc1cc(F)ccc1N)C(=O)NN. The van der Waals surface area contributed by atoms with Crippen LogP contribution in [0.5, 0.6) is 0 Å². The number of anilines is 1. The highest BCUT2D eigenvalue weighted by Gasteiger charge is 2.20. The molecule has 1 aromatic rings. The van der Waals surface area contributed by atoms with E-state index in [1.165, 1.54) is 25.3 Å². The highest BCUT2D eigenvalue weighted by molar-refractivity contribution is 8.00. The number of hydrogen-bond acceptors (Lipinski definition) is 5. The number of ether oxygens (including phenoxy) is 1. The van der Waals surface area contributed by atoms with E-state index in [1.807, 2.05) is 5.43 Å². The van der Waals surface area contributed by atoms with Gasteiger partial charge in [0.05, 0.1) is 6.61 Å². The number of hydrazine groups is 1. The molecule has 0 aliphatic carbocycles. The van der Waals surface area contributed by atoms with Gasteiger partial charge in [0.15, 0.2) is 0 Å². The number of nitrogen functional groups attached to an aromatic ring is 1. The lowest BCUT2D eigenvalue weighted by Crippen LogP contribution is -2.39. The van der Waals surface area contributed by atoms with Crippen LogP contribution in [0.15, 0.2) is 23.1 Å². The van der Waals surface area contributed by atoms with Crippen molar-refractivity contribution in [2.45, 2.75) is 10.1 Å². The summed E-state index contributed by atoms with van der Waals surface area (Å²) in [7, 11) is 1.46. The lowest BCUT2D eigenvalue weighted by molar-refractivity contribution is -0.121. The van der Waals surface area contributed by atoms with Crippen molar-refractivity contribution in [1.29, 1.82) is 0 Å². The summed E-state index contributed by atoms with van der Waals surface area (Å²) >= 11 is 1.10. The molecule has 5 nitrogen and oxygen atoms in total. The monoisotopic (exact) mass is 259 g/mol. The molecule has 1 rings (SSSR count). The largest absolute Gasteiger partial charge is 0.398 e. The first-order valence-corrected chi connectivity index (χ1v) is 5.67. The molecule has 0 aliphatic heterocycles. The molecule has 1 amide bonds. The second kappa shape index (κ2) is 6.43. The molecule has 0 saturated carbocycles. The number of carbonyl (C=O) groups excluding carboxylic acids is 1. The lowest BCUT2D eigenvalue weighted by Gasteiger charge is -2.14. The summed E-state index contributed by atoms with van der Waals surface area (Å²) in [5, 5.41) is -0.575. The van der Waals surface area contributed by atoms with Crippen LogP contribution >= 0.6 is 11.8 Å². The van der Waals surface area contributed by atoms with Crippen LogP contribution in [0.1, 0.15) is 0 Å². The first-order chi connectivity index (χ1) is 8.08. The zero-order valence-corrected chi connectivity index (χ0v) is 10.1. The van der Waals surface area contributed by atoms with Crippen LogP contribution in [0.2, 0.25) is 0 Å². The molecular weight excluding hydrogens is 245 g/mol. The van der Waals surface area contributed by atoms with E-state index in [4.69, 9.17) is 16.3 Å². The Labute approximate surface area is 103 Å². The summed E-state index contributed by atoms with van der Waals surface area (Å²) in [6.07, 6.45) is 0. The van der Waals surface area contributed by atoms with Crippen molar-refractivity contribution in [3.63, 3.8) is 0 Å². The fraction of sp³-hybridized carbons (Fsp3) is 0.300. The minimum Gasteiger partial charge on any atom is -0.398 e. The van der Waals surface area contributed by atoms with Gasteiger partial charge in [-0.3, -0.25) is 10.2 Å². The van der Waals surface area contributed by atoms with Crippen molar-refractivity contribution in [2.75, 3.05) is 19.5 Å². The van der Waals surface area contributed by atoms with E-state index in [-0.39, 0.29) is 6.61 Å². The van der Waals surface area contributed by atoms with Crippen molar-refractivity contribution < 1.29 is 13.9 Å². The molecule has 0 aromatic heterocycles. The quantitative estimate of drug-likeness (QED) is 0.235. The molecule has 0 bridgehead atoms. The molecule has 17 heavy (non-hydrogen) atoms. The van der Waals surface area contributed by atoms with Gasteiger partial charge in [-0.05, 0) is 18.2 Å². The molecule has 1 unspecified atom stereocenters. The van der Waals surface area contributed by atoms with E-state index >= 15 is 0 Å². The number of methoxy groups -OCH3 is 1. The number of amides is 1. The maximum Gasteiger partial charge on any atom is 0.249 e. The zero-order valence-electron chi connectivity index (χ0n) is 9.27. The van der Waals surface area contributed by atoms with E-state index in [1.54, 1.807) is 0 Å². The summed E-state index contributed by atoms with van der Waals surface area (Å²) in [6.45, 7) is 0.156. The third-order valence-corrected chi connectivity index (χ3v) is 3.24. The highest BCUT2D eigenvalue weighted by Crippen LogP contribution is 2.29. The minimum atomic E-state index is -0.575. The van der Waals surface area contributed by atoms with Crippen LogP contribution in [0.3, 0.4) is 0 Å². The Morgan fingerprint density at radius 1 is 1.65 bits per heavy atom. The van der Waals surface area contributed by atoms with Crippen molar-refractivity contribution in [2.24, 2.45) is 5.84 Å². The van der Waals surface area contributed by atoms with Crippen molar-refractivity contribution in [3.05, 3.63) is 24.0 Å². The molecule has 0 spiro atoms. The Hall–Kier alpha value is -1.31. The van der Waals surface area contributed by atoms with Gasteiger partial charge in [-0.25, -0.2) is 10.2 Å². The van der Waals surface area contributed by atoms with Gasteiger partial charge in [-0.2, -0.15) is 0 Å². The van der Waals surface area contributed by atoms with Gasteiger partial charge < -0.3 is 10.5 Å². The number of halogens is 1. The average Bonchev–Trinajstić information content (AvgIpc) is 2.32. The molecule has 0 radical (unpaired) electrons. The van der Waals surface area contributed by atoms with E-state index in [0.29, 0.717) is 10.6 Å². The van der Waals surface area contributed by atoms with Gasteiger partial charge in [-0.15, -0.1) is 11.8 Å². The maximum absolute atomic E-state index is 13.0. The predicted octanol–water partition coefficient (Wildman–Crippen LogP) is 0.505. The first kappa shape index (κ1) is 13.8. The molecule has 1 atom stereocenters. The number of nitrogens with one attached hydrogen (secondary N) is 1. The summed E-state index contributed by atoms with van der Waals surface area (Å²) in [4.78, 5) is 11.9. The molecule has 7 heteroatoms. The summed E-state index contributed by atoms with van der Waals surface area (Å²) in [5.41, 5.74) is 8.12. The van der Waals surface area contributed by atoms with Crippen LogP contribution in [-0.4, -0.2) is 24.9 Å². The van der Waals surface area contributed by atoms with Crippen molar-refractivity contribution >= 4 is 23.4 Å². The van der Waals surface area contributed by atoms with Gasteiger partial charge in [0.2, 0.25) is 5.91 Å². The number of benzene rings is 1. The van der Waals surface area contributed by atoms with Crippen LogP contribution in [0, 0.1) is 5.82 Å². The Kier molecular flexibility index (Phi) is 5.20. The van der Waals surface area contributed by atoms with Crippen LogP contribution < -0.4 is 17.0 Å². The van der Waals surface area contributed by atoms with Crippen LogP contribution in [0.25, 0.3) is 0 Å². The summed E-state index contributed by atoms with van der Waals surface area (Å²) < 4.78 is 17.9. The van der Waals surface area contributed by atoms with Gasteiger partial charge in [0, 0.05) is 17.7 Å². The van der Waals surface area contributed by atoms with E-state index in [0.717, 1.165) is 11.8 Å². The maximum atomic E-state index is 13.0. The molecular formula is C10H14FN3O2S. The number of hydrogen-bond donors (Lipinski definition) is 3. The lowest BCUT2D eigenvalue weighted by atomic mass is 10.3. The van der Waals surface area contributed by atoms with Crippen LogP contribution in [0.4, 0.5) is 10.1 Å². The second-order valence-corrected chi connectivity index (χ2v) is 4.50. The molecule has 0 aliphatic rings.